The van der Waals surface area contributed by atoms with E-state index >= 15 is 0 Å². The summed E-state index contributed by atoms with van der Waals surface area (Å²) in [7, 11) is 0. The Balaban J connectivity index is 2.15. The van der Waals surface area contributed by atoms with Crippen molar-refractivity contribution >= 4 is 5.84 Å². The number of ether oxygens (including phenoxy) is 2. The van der Waals surface area contributed by atoms with E-state index in [-0.39, 0.29) is 24.1 Å². The summed E-state index contributed by atoms with van der Waals surface area (Å²) < 4.78 is 11.7. The third-order valence-corrected chi connectivity index (χ3v) is 3.22. The van der Waals surface area contributed by atoms with Gasteiger partial charge in [0.25, 0.3) is 0 Å². The van der Waals surface area contributed by atoms with Crippen LogP contribution in [0.1, 0.15) is 32.3 Å². The molecule has 2 unspecified atom stereocenters. The van der Waals surface area contributed by atoms with Crippen LogP contribution in [0.2, 0.25) is 0 Å². The molecule has 1 aliphatic heterocycles. The van der Waals surface area contributed by atoms with Gasteiger partial charge >= 0.3 is 0 Å². The predicted molar refractivity (Wildman–Crippen MR) is 72.6 cm³/mol. The Labute approximate surface area is 113 Å². The van der Waals surface area contributed by atoms with Crippen molar-refractivity contribution in [2.45, 2.75) is 45.0 Å². The molecule has 5 heteroatoms. The predicted octanol–water partition coefficient (Wildman–Crippen LogP) is 2.12. The number of rotatable bonds is 3. The molecule has 0 amide bonds. The number of nitrogens with zero attached hydrogens (tertiary/aromatic N) is 1. The van der Waals surface area contributed by atoms with E-state index < -0.39 is 0 Å². The van der Waals surface area contributed by atoms with Crippen LogP contribution in [0.4, 0.5) is 0 Å². The second-order valence-electron chi connectivity index (χ2n) is 4.95. The number of nitrogens with two attached hydrogens (primary N) is 1. The van der Waals surface area contributed by atoms with Gasteiger partial charge in [-0.25, -0.2) is 0 Å². The molecule has 5 nitrogen and oxygen atoms in total. The number of para-hydroxylation sites is 1. The topological polar surface area (TPSA) is 77.1 Å². The largest absolute Gasteiger partial charge is 0.489 e. The smallest absolute Gasteiger partial charge is 0.173 e. The van der Waals surface area contributed by atoms with Crippen molar-refractivity contribution in [3.63, 3.8) is 0 Å². The number of benzene rings is 1. The van der Waals surface area contributed by atoms with Crippen LogP contribution in [0, 0.1) is 0 Å². The molecule has 0 radical (unpaired) electrons. The van der Waals surface area contributed by atoms with Crippen LogP contribution in [0.15, 0.2) is 29.4 Å². The maximum atomic E-state index is 8.79. The van der Waals surface area contributed by atoms with Gasteiger partial charge in [0.05, 0.1) is 17.8 Å². The monoisotopic (exact) mass is 264 g/mol. The zero-order valence-corrected chi connectivity index (χ0v) is 11.2. The number of oxime groups is 1. The van der Waals surface area contributed by atoms with Crippen LogP contribution in [-0.2, 0) is 4.74 Å². The second kappa shape index (κ2) is 5.93. The first-order chi connectivity index (χ1) is 9.10. The molecule has 2 atom stereocenters. The molecule has 19 heavy (non-hydrogen) atoms. The third-order valence-electron chi connectivity index (χ3n) is 3.22. The van der Waals surface area contributed by atoms with Gasteiger partial charge in [-0.15, -0.1) is 0 Å². The zero-order chi connectivity index (χ0) is 13.8. The first kappa shape index (κ1) is 13.7. The minimum atomic E-state index is 0.0590. The van der Waals surface area contributed by atoms with Crippen molar-refractivity contribution in [3.8, 4) is 5.75 Å². The minimum absolute atomic E-state index is 0.0590. The van der Waals surface area contributed by atoms with Gasteiger partial charge in [-0.1, -0.05) is 17.3 Å². The molecule has 0 bridgehead atoms. The van der Waals surface area contributed by atoms with Crippen molar-refractivity contribution in [3.05, 3.63) is 29.8 Å². The molecule has 1 aliphatic rings. The summed E-state index contributed by atoms with van der Waals surface area (Å²) in [6, 6.07) is 7.31. The summed E-state index contributed by atoms with van der Waals surface area (Å²) in [4.78, 5) is 0. The lowest BCUT2D eigenvalue weighted by molar-refractivity contribution is -0.0721. The molecule has 104 valence electrons. The van der Waals surface area contributed by atoms with E-state index in [9.17, 15) is 0 Å². The lowest BCUT2D eigenvalue weighted by Crippen LogP contribution is -2.36. The van der Waals surface area contributed by atoms with E-state index in [0.717, 1.165) is 12.8 Å². The van der Waals surface area contributed by atoms with Crippen molar-refractivity contribution in [1.82, 2.24) is 0 Å². The first-order valence-corrected chi connectivity index (χ1v) is 6.49. The van der Waals surface area contributed by atoms with E-state index in [1.807, 2.05) is 32.0 Å². The second-order valence-corrected chi connectivity index (χ2v) is 4.95. The van der Waals surface area contributed by atoms with Crippen LogP contribution >= 0.6 is 0 Å². The van der Waals surface area contributed by atoms with Crippen LogP contribution in [-0.4, -0.2) is 29.4 Å². The van der Waals surface area contributed by atoms with E-state index in [0.29, 0.717) is 11.3 Å². The molecule has 1 aromatic carbocycles. The van der Waals surface area contributed by atoms with Crippen LogP contribution < -0.4 is 10.5 Å². The summed E-state index contributed by atoms with van der Waals surface area (Å²) in [6.45, 7) is 4.09. The summed E-state index contributed by atoms with van der Waals surface area (Å²) in [5.41, 5.74) is 6.26. The third kappa shape index (κ3) is 3.38. The molecule has 1 saturated heterocycles. The lowest BCUT2D eigenvalue weighted by Gasteiger charge is -2.32. The van der Waals surface area contributed by atoms with Gasteiger partial charge in [-0.2, -0.15) is 0 Å². The fraction of sp³-hybridized carbons (Fsp3) is 0.500. The van der Waals surface area contributed by atoms with Gasteiger partial charge < -0.3 is 20.4 Å². The van der Waals surface area contributed by atoms with E-state index in [2.05, 4.69) is 5.16 Å². The highest BCUT2D eigenvalue weighted by atomic mass is 16.5. The van der Waals surface area contributed by atoms with Gasteiger partial charge in [0, 0.05) is 12.8 Å². The molecule has 0 aromatic heterocycles. The van der Waals surface area contributed by atoms with Crippen LogP contribution in [0.5, 0.6) is 5.75 Å². The van der Waals surface area contributed by atoms with Gasteiger partial charge in [-0.05, 0) is 26.0 Å². The highest BCUT2D eigenvalue weighted by Gasteiger charge is 2.26. The average molecular weight is 264 g/mol. The van der Waals surface area contributed by atoms with E-state index in [1.165, 1.54) is 0 Å². The Morgan fingerprint density at radius 3 is 2.58 bits per heavy atom. The zero-order valence-electron chi connectivity index (χ0n) is 11.2. The molecule has 1 fully saturated rings. The van der Waals surface area contributed by atoms with Crippen molar-refractivity contribution in [2.75, 3.05) is 0 Å². The van der Waals surface area contributed by atoms with Crippen molar-refractivity contribution < 1.29 is 14.7 Å². The Morgan fingerprint density at radius 2 is 1.95 bits per heavy atom. The summed E-state index contributed by atoms with van der Waals surface area (Å²) in [5.74, 6) is 0.702. The Bertz CT molecular complexity index is 452. The first-order valence-electron chi connectivity index (χ1n) is 6.49. The number of amidine groups is 1. The fourth-order valence-corrected chi connectivity index (χ4v) is 2.46. The maximum absolute atomic E-state index is 8.79. The highest BCUT2D eigenvalue weighted by Crippen LogP contribution is 2.26. The highest BCUT2D eigenvalue weighted by molar-refractivity contribution is 5.99. The van der Waals surface area contributed by atoms with E-state index in [4.69, 9.17) is 20.4 Å². The molecular formula is C14H20N2O3. The number of hydrogen-bond acceptors (Lipinski definition) is 4. The molecule has 2 rings (SSSR count). The molecule has 0 spiro atoms. The van der Waals surface area contributed by atoms with Gasteiger partial charge in [0.2, 0.25) is 0 Å². The normalized spacial score (nSPS) is 28.1. The van der Waals surface area contributed by atoms with Gasteiger partial charge in [0.1, 0.15) is 11.9 Å². The summed E-state index contributed by atoms with van der Waals surface area (Å²) >= 11 is 0. The van der Waals surface area contributed by atoms with Crippen molar-refractivity contribution in [2.24, 2.45) is 10.9 Å². The molecule has 1 heterocycles. The van der Waals surface area contributed by atoms with Crippen LogP contribution in [0.25, 0.3) is 0 Å². The standard InChI is InChI=1S/C14H20N2O3/c1-9-7-11(8-10(2)18-9)19-13-6-4-3-5-12(13)14(15)16-17/h3-6,9-11,17H,7-8H2,1-2H3,(H2,15,16). The van der Waals surface area contributed by atoms with E-state index in [1.54, 1.807) is 6.07 Å². The Kier molecular flexibility index (Phi) is 4.27. The molecule has 1 aromatic rings. The fourth-order valence-electron chi connectivity index (χ4n) is 2.46. The molecule has 0 saturated carbocycles. The summed E-state index contributed by atoms with van der Waals surface area (Å²) in [6.07, 6.45) is 2.14. The molecular weight excluding hydrogens is 244 g/mol. The molecule has 3 N–H and O–H groups in total. The molecule has 0 aliphatic carbocycles. The quantitative estimate of drug-likeness (QED) is 0.379. The average Bonchev–Trinajstić information content (AvgIpc) is 2.37. The Hall–Kier alpha value is -1.75. The SMILES string of the molecule is CC1CC(Oc2ccccc2/C(N)=N/O)CC(C)O1. The van der Waals surface area contributed by atoms with Crippen molar-refractivity contribution in [1.29, 1.82) is 0 Å². The maximum Gasteiger partial charge on any atom is 0.173 e. The lowest BCUT2D eigenvalue weighted by atomic mass is 10.0. The van der Waals surface area contributed by atoms with Crippen LogP contribution in [0.3, 0.4) is 0 Å². The van der Waals surface area contributed by atoms with Gasteiger partial charge in [0.15, 0.2) is 5.84 Å². The Morgan fingerprint density at radius 1 is 1.32 bits per heavy atom. The number of hydrogen-bond donors (Lipinski definition) is 2. The minimum Gasteiger partial charge on any atom is -0.489 e. The van der Waals surface area contributed by atoms with Gasteiger partial charge in [-0.3, -0.25) is 0 Å². The summed E-state index contributed by atoms with van der Waals surface area (Å²) in [5, 5.41) is 11.8.